The van der Waals surface area contributed by atoms with Crippen LogP contribution in [0.4, 0.5) is 10.1 Å². The van der Waals surface area contributed by atoms with Gasteiger partial charge in [0.1, 0.15) is 17.4 Å². The minimum absolute atomic E-state index is 0.253. The van der Waals surface area contributed by atoms with Crippen molar-refractivity contribution in [3.8, 4) is 0 Å². The van der Waals surface area contributed by atoms with E-state index in [1.807, 2.05) is 84.9 Å². The number of halogens is 1. The maximum absolute atomic E-state index is 14.6. The molecule has 1 unspecified atom stereocenters. The van der Waals surface area contributed by atoms with E-state index in [0.717, 1.165) is 11.1 Å². The van der Waals surface area contributed by atoms with Crippen molar-refractivity contribution in [2.24, 2.45) is 0 Å². The van der Waals surface area contributed by atoms with Gasteiger partial charge in [0, 0.05) is 16.2 Å². The third kappa shape index (κ3) is 3.62. The third-order valence-electron chi connectivity index (χ3n) is 7.55. The van der Waals surface area contributed by atoms with Crippen LogP contribution in [-0.4, -0.2) is 16.9 Å². The van der Waals surface area contributed by atoms with Gasteiger partial charge in [0.2, 0.25) is 6.04 Å². The van der Waals surface area contributed by atoms with Crippen LogP contribution in [0.5, 0.6) is 0 Å². The topological polar surface area (TPSA) is 75.5 Å². The number of para-hydroxylation sites is 1. The van der Waals surface area contributed by atoms with Crippen LogP contribution < -0.4 is 10.2 Å². The van der Waals surface area contributed by atoms with Gasteiger partial charge in [0.15, 0.2) is 0 Å². The first kappa shape index (κ1) is 23.1. The van der Waals surface area contributed by atoms with E-state index in [9.17, 15) is 19.3 Å². The van der Waals surface area contributed by atoms with Crippen molar-refractivity contribution >= 4 is 11.6 Å². The highest BCUT2D eigenvalue weighted by atomic mass is 19.1. The number of nitrogens with one attached hydrogen (secondary N) is 1. The van der Waals surface area contributed by atoms with Crippen molar-refractivity contribution in [2.45, 2.75) is 30.1 Å². The summed E-state index contributed by atoms with van der Waals surface area (Å²) in [4.78, 5) is 28.7. The van der Waals surface area contributed by atoms with Gasteiger partial charge in [-0.1, -0.05) is 91.0 Å². The Morgan fingerprint density at radius 2 is 1.46 bits per heavy atom. The van der Waals surface area contributed by atoms with E-state index in [1.165, 1.54) is 12.1 Å². The lowest BCUT2D eigenvalue weighted by molar-refractivity contribution is -0.527. The number of nitrogens with zero attached hydrogens (tertiary/aromatic N) is 2. The number of carbonyl (C=O) groups excluding carboxylic acids is 1. The molecule has 6 rings (SSSR count). The van der Waals surface area contributed by atoms with E-state index in [4.69, 9.17) is 0 Å². The highest BCUT2D eigenvalue weighted by Crippen LogP contribution is 2.57. The minimum Gasteiger partial charge on any atom is -0.306 e. The predicted octanol–water partition coefficient (Wildman–Crippen LogP) is 5.34. The molecule has 0 radical (unpaired) electrons. The van der Waals surface area contributed by atoms with Crippen molar-refractivity contribution in [1.29, 1.82) is 0 Å². The summed E-state index contributed by atoms with van der Waals surface area (Å²) in [7, 11) is 0. The summed E-state index contributed by atoms with van der Waals surface area (Å²) < 4.78 is 13.9. The van der Waals surface area contributed by atoms with Crippen LogP contribution in [0, 0.1) is 15.9 Å². The van der Waals surface area contributed by atoms with Gasteiger partial charge in [-0.2, -0.15) is 0 Å². The zero-order valence-electron chi connectivity index (χ0n) is 19.8. The second kappa shape index (κ2) is 8.94. The summed E-state index contributed by atoms with van der Waals surface area (Å²) >= 11 is 0. The highest BCUT2D eigenvalue weighted by molar-refractivity contribution is 6.09. The van der Waals surface area contributed by atoms with Crippen LogP contribution >= 0.6 is 0 Å². The summed E-state index contributed by atoms with van der Waals surface area (Å²) in [5.74, 6) is -1.57. The summed E-state index contributed by atoms with van der Waals surface area (Å²) in [5.41, 5.74) is 2.21. The van der Waals surface area contributed by atoms with Crippen molar-refractivity contribution in [3.05, 3.63) is 147 Å². The lowest BCUT2D eigenvalue weighted by atomic mass is 9.74. The molecule has 4 atom stereocenters. The molecule has 2 aliphatic rings. The Balaban J connectivity index is 1.57. The Hall–Kier alpha value is -4.36. The number of nitro groups is 1. The van der Waals surface area contributed by atoms with Gasteiger partial charge in [0.25, 0.3) is 5.91 Å². The van der Waals surface area contributed by atoms with Crippen LogP contribution in [0.3, 0.4) is 0 Å². The van der Waals surface area contributed by atoms with Crippen molar-refractivity contribution in [1.82, 2.24) is 5.32 Å². The van der Waals surface area contributed by atoms with E-state index in [2.05, 4.69) is 5.32 Å². The molecule has 1 fully saturated rings. The van der Waals surface area contributed by atoms with Gasteiger partial charge in [-0.15, -0.1) is 0 Å². The molecule has 184 valence electrons. The summed E-state index contributed by atoms with van der Waals surface area (Å²) in [5, 5.41) is 16.2. The van der Waals surface area contributed by atoms with Crippen LogP contribution in [-0.2, 0) is 16.9 Å². The van der Waals surface area contributed by atoms with Crippen molar-refractivity contribution < 1.29 is 14.1 Å². The van der Waals surface area contributed by atoms with Crippen LogP contribution in [0.1, 0.15) is 34.2 Å². The molecule has 0 aromatic heterocycles. The molecule has 0 bridgehead atoms. The van der Waals surface area contributed by atoms with E-state index in [1.54, 1.807) is 17.0 Å². The Morgan fingerprint density at radius 1 is 0.838 bits per heavy atom. The van der Waals surface area contributed by atoms with Gasteiger partial charge in [-0.05, 0) is 34.9 Å². The number of benzene rings is 4. The van der Waals surface area contributed by atoms with Gasteiger partial charge in [0.05, 0.1) is 12.5 Å². The predicted molar refractivity (Wildman–Crippen MR) is 138 cm³/mol. The first-order valence-corrected chi connectivity index (χ1v) is 12.2. The molecule has 1 N–H and O–H groups in total. The Morgan fingerprint density at radius 3 is 2.14 bits per heavy atom. The molecule has 6 nitrogen and oxygen atoms in total. The molecule has 7 heteroatoms. The number of hydrogen-bond acceptors (Lipinski definition) is 4. The molecule has 1 amide bonds. The second-order valence-electron chi connectivity index (χ2n) is 9.54. The largest absolute Gasteiger partial charge is 0.306 e. The summed E-state index contributed by atoms with van der Waals surface area (Å²) in [6, 6.07) is 30.1. The molecule has 0 saturated carbocycles. The number of hydrogen-bond donors (Lipinski definition) is 1. The summed E-state index contributed by atoms with van der Waals surface area (Å²) in [6.07, 6.45) is 0. The Kier molecular flexibility index (Phi) is 5.57. The van der Waals surface area contributed by atoms with Gasteiger partial charge < -0.3 is 4.90 Å². The van der Waals surface area contributed by atoms with Gasteiger partial charge >= 0.3 is 0 Å². The molecule has 37 heavy (non-hydrogen) atoms. The first-order valence-electron chi connectivity index (χ1n) is 12.2. The minimum atomic E-state index is -1.40. The fourth-order valence-electron chi connectivity index (χ4n) is 6.01. The van der Waals surface area contributed by atoms with E-state index in [0.29, 0.717) is 23.4 Å². The molecule has 2 heterocycles. The maximum atomic E-state index is 14.6. The average molecular weight is 494 g/mol. The molecular formula is C30H24FN3O3. The maximum Gasteiger partial charge on any atom is 0.253 e. The highest BCUT2D eigenvalue weighted by Gasteiger charge is 2.68. The van der Waals surface area contributed by atoms with E-state index >= 15 is 0 Å². The zero-order valence-corrected chi connectivity index (χ0v) is 19.8. The van der Waals surface area contributed by atoms with Gasteiger partial charge in [-0.3, -0.25) is 20.2 Å². The fraction of sp³-hybridized carbons (Fsp3) is 0.167. The fourth-order valence-corrected chi connectivity index (χ4v) is 6.01. The standard InChI is InChI=1S/C30H24FN3O3/c31-23-17-15-21(16-18-23)26-28(34(36)37)27(22-11-5-2-6-12-22)32-30(26)24-13-7-8-14-25(24)33(29(30)35)19-20-9-3-1-4-10-20/h1-18,26-28,32H,19H2/t26-,27+,28+,30?/m1/s1. The molecular weight excluding hydrogens is 469 g/mol. The van der Waals surface area contributed by atoms with E-state index in [-0.39, 0.29) is 10.8 Å². The van der Waals surface area contributed by atoms with Crippen molar-refractivity contribution in [2.75, 3.05) is 4.90 Å². The third-order valence-corrected chi connectivity index (χ3v) is 7.55. The smallest absolute Gasteiger partial charge is 0.253 e. The second-order valence-corrected chi connectivity index (χ2v) is 9.54. The number of carbonyl (C=O) groups is 1. The van der Waals surface area contributed by atoms with Crippen LogP contribution in [0.15, 0.2) is 109 Å². The monoisotopic (exact) mass is 493 g/mol. The molecule has 1 saturated heterocycles. The van der Waals surface area contributed by atoms with Gasteiger partial charge in [-0.25, -0.2) is 4.39 Å². The van der Waals surface area contributed by atoms with Crippen LogP contribution in [0.25, 0.3) is 0 Å². The Bertz CT molecular complexity index is 1460. The number of anilines is 1. The number of rotatable bonds is 5. The molecule has 2 aliphatic heterocycles. The SMILES string of the molecule is O=C1N(Cc2ccccc2)c2ccccc2C12N[C@@H](c1ccccc1)[C@@H]([N+](=O)[O-])[C@H]2c1ccc(F)cc1. The average Bonchev–Trinajstić information content (AvgIpc) is 3.40. The number of amides is 1. The van der Waals surface area contributed by atoms with Crippen molar-refractivity contribution in [3.63, 3.8) is 0 Å². The van der Waals surface area contributed by atoms with E-state index < -0.39 is 29.4 Å². The number of fused-ring (bicyclic) bond motifs is 2. The molecule has 1 spiro atoms. The lowest BCUT2D eigenvalue weighted by Gasteiger charge is -2.31. The Labute approximate surface area is 213 Å². The first-order chi connectivity index (χ1) is 18.0. The molecule has 4 aromatic carbocycles. The normalized spacial score (nSPS) is 24.4. The van der Waals surface area contributed by atoms with Crippen LogP contribution in [0.2, 0.25) is 0 Å². The summed E-state index contributed by atoms with van der Waals surface area (Å²) in [6.45, 7) is 0.329. The lowest BCUT2D eigenvalue weighted by Crippen LogP contribution is -2.50. The molecule has 0 aliphatic carbocycles. The zero-order chi connectivity index (χ0) is 25.6. The molecule has 4 aromatic rings. The quantitative estimate of drug-likeness (QED) is 0.301.